The number of nitrogens with two attached hydrogens (primary N) is 1. The number of aryl methyl sites for hydroxylation is 2. The maximum Gasteiger partial charge on any atom is 0.265 e. The van der Waals surface area contributed by atoms with Crippen molar-refractivity contribution in [1.29, 1.82) is 0 Å². The third-order valence-corrected chi connectivity index (χ3v) is 6.46. The fourth-order valence-corrected chi connectivity index (χ4v) is 4.23. The predicted octanol–water partition coefficient (Wildman–Crippen LogP) is 3.06. The monoisotopic (exact) mass is 465 g/mol. The molecule has 3 aromatic carbocycles. The smallest absolute Gasteiger partial charge is 0.265 e. The summed E-state index contributed by atoms with van der Waals surface area (Å²) in [7, 11) is -3.99. The molecule has 33 heavy (non-hydrogen) atoms. The summed E-state index contributed by atoms with van der Waals surface area (Å²) in [4.78, 5) is 27.6. The van der Waals surface area contributed by atoms with Crippen molar-refractivity contribution in [2.75, 3.05) is 16.8 Å². The number of nitrogens with zero attached hydrogens (tertiary/aromatic N) is 1. The summed E-state index contributed by atoms with van der Waals surface area (Å²) in [5, 5.41) is 7.93. The number of hydrogen-bond acceptors (Lipinski definition) is 5. The third-order valence-electron chi connectivity index (χ3n) is 5.55. The number of carbonyl (C=O) groups is 2. The second kappa shape index (κ2) is 8.68. The van der Waals surface area contributed by atoms with Crippen LogP contribution in [0.15, 0.2) is 71.6 Å². The maximum atomic E-state index is 13.4. The van der Waals surface area contributed by atoms with Gasteiger partial charge in [0.05, 0.1) is 16.3 Å². The Labute approximate surface area is 192 Å². The molecule has 1 heterocycles. The second-order valence-corrected chi connectivity index (χ2v) is 9.39. The minimum absolute atomic E-state index is 0.168. The fraction of sp³-hybridized carbons (Fsp3) is 0.167. The number of sulfonamides is 1. The van der Waals surface area contributed by atoms with E-state index in [9.17, 15) is 18.0 Å². The highest BCUT2D eigenvalue weighted by atomic mass is 32.2. The van der Waals surface area contributed by atoms with E-state index in [1.807, 2.05) is 32.0 Å². The second-order valence-electron chi connectivity index (χ2n) is 7.82. The Kier molecular flexibility index (Phi) is 5.92. The van der Waals surface area contributed by atoms with Gasteiger partial charge in [0.15, 0.2) is 6.61 Å². The average Bonchev–Trinajstić information content (AvgIpc) is 2.78. The summed E-state index contributed by atoms with van der Waals surface area (Å²) < 4.78 is 29.3. The van der Waals surface area contributed by atoms with Crippen LogP contribution in [0.1, 0.15) is 22.7 Å². The van der Waals surface area contributed by atoms with Gasteiger partial charge in [-0.25, -0.2) is 13.6 Å². The average molecular weight is 466 g/mol. The molecule has 0 radical (unpaired) electrons. The fourth-order valence-electron chi connectivity index (χ4n) is 3.69. The molecule has 0 spiro atoms. The van der Waals surface area contributed by atoms with Crippen molar-refractivity contribution < 1.29 is 22.7 Å². The molecule has 8 nitrogen and oxygen atoms in total. The molecule has 3 aromatic rings. The van der Waals surface area contributed by atoms with Gasteiger partial charge in [-0.3, -0.25) is 14.5 Å². The van der Waals surface area contributed by atoms with Gasteiger partial charge >= 0.3 is 0 Å². The molecule has 1 aliphatic rings. The Balaban J connectivity index is 1.72. The molecule has 1 unspecified atom stereocenters. The molecular formula is C24H23N3O5S. The Bertz CT molecular complexity index is 1340. The molecule has 2 amide bonds. The van der Waals surface area contributed by atoms with E-state index in [1.54, 1.807) is 30.3 Å². The number of primary sulfonamides is 1. The van der Waals surface area contributed by atoms with Crippen LogP contribution in [-0.4, -0.2) is 26.8 Å². The van der Waals surface area contributed by atoms with Crippen LogP contribution in [0.4, 0.5) is 11.4 Å². The molecule has 0 saturated heterocycles. The third kappa shape index (κ3) is 4.59. The maximum absolute atomic E-state index is 13.4. The molecule has 3 N–H and O–H groups in total. The van der Waals surface area contributed by atoms with Crippen molar-refractivity contribution in [1.82, 2.24) is 0 Å². The van der Waals surface area contributed by atoms with Gasteiger partial charge in [0.2, 0.25) is 10.0 Å². The van der Waals surface area contributed by atoms with Gasteiger partial charge in [0, 0.05) is 0 Å². The summed E-state index contributed by atoms with van der Waals surface area (Å²) in [5.41, 5.74) is 3.27. The number of ether oxygens (including phenoxy) is 1. The quantitative estimate of drug-likeness (QED) is 0.600. The SMILES string of the molecule is Cc1ccc(OCC(=O)N2c3ccc(S(N)(=O)=O)cc3NC(=O)C2c2ccccc2)cc1C. The largest absolute Gasteiger partial charge is 0.484 e. The highest BCUT2D eigenvalue weighted by molar-refractivity contribution is 7.89. The lowest BCUT2D eigenvalue weighted by Crippen LogP contribution is -2.47. The standard InChI is InChI=1S/C24H23N3O5S/c1-15-8-9-18(12-16(15)2)32-14-22(28)27-21-11-10-19(33(25,30)31)13-20(21)26-24(29)23(27)17-6-4-3-5-7-17/h3-13,23H,14H2,1-2H3,(H,26,29)(H2,25,30,31). The summed E-state index contributed by atoms with van der Waals surface area (Å²) in [6, 6.07) is 17.4. The zero-order chi connectivity index (χ0) is 23.8. The van der Waals surface area contributed by atoms with Crippen LogP contribution in [0.2, 0.25) is 0 Å². The molecule has 0 saturated carbocycles. The molecular weight excluding hydrogens is 442 g/mol. The number of benzene rings is 3. The van der Waals surface area contributed by atoms with E-state index >= 15 is 0 Å². The minimum Gasteiger partial charge on any atom is -0.484 e. The van der Waals surface area contributed by atoms with E-state index in [-0.39, 0.29) is 17.2 Å². The summed E-state index contributed by atoms with van der Waals surface area (Å²) in [6.45, 7) is 3.62. The van der Waals surface area contributed by atoms with Crippen molar-refractivity contribution >= 4 is 33.2 Å². The number of hydrogen-bond donors (Lipinski definition) is 2. The Morgan fingerprint density at radius 3 is 2.42 bits per heavy atom. The molecule has 1 atom stereocenters. The number of amides is 2. The molecule has 4 rings (SSSR count). The van der Waals surface area contributed by atoms with Gasteiger partial charge in [0.25, 0.3) is 11.8 Å². The van der Waals surface area contributed by atoms with Crippen LogP contribution in [0.25, 0.3) is 0 Å². The van der Waals surface area contributed by atoms with E-state index in [2.05, 4.69) is 5.32 Å². The van der Waals surface area contributed by atoms with Crippen molar-refractivity contribution in [2.24, 2.45) is 5.14 Å². The lowest BCUT2D eigenvalue weighted by molar-refractivity contribution is -0.125. The lowest BCUT2D eigenvalue weighted by Gasteiger charge is -2.36. The molecule has 0 aliphatic carbocycles. The Morgan fingerprint density at radius 2 is 1.76 bits per heavy atom. The first-order chi connectivity index (χ1) is 15.6. The minimum atomic E-state index is -3.99. The van der Waals surface area contributed by atoms with Crippen LogP contribution in [0.3, 0.4) is 0 Å². The van der Waals surface area contributed by atoms with E-state index in [0.717, 1.165) is 11.1 Å². The van der Waals surface area contributed by atoms with Gasteiger partial charge in [-0.05, 0) is 60.9 Å². The lowest BCUT2D eigenvalue weighted by atomic mass is 10.00. The van der Waals surface area contributed by atoms with Gasteiger partial charge in [-0.15, -0.1) is 0 Å². The number of carbonyl (C=O) groups excluding carboxylic acids is 2. The first-order valence-corrected chi connectivity index (χ1v) is 11.7. The molecule has 9 heteroatoms. The summed E-state index contributed by atoms with van der Waals surface area (Å²) >= 11 is 0. The van der Waals surface area contributed by atoms with E-state index in [4.69, 9.17) is 9.88 Å². The van der Waals surface area contributed by atoms with Gasteiger partial charge in [-0.1, -0.05) is 36.4 Å². The number of nitrogens with one attached hydrogen (secondary N) is 1. The molecule has 0 aromatic heterocycles. The summed E-state index contributed by atoms with van der Waals surface area (Å²) in [6.07, 6.45) is 0. The zero-order valence-corrected chi connectivity index (χ0v) is 18.9. The van der Waals surface area contributed by atoms with Crippen LogP contribution >= 0.6 is 0 Å². The molecule has 170 valence electrons. The number of anilines is 2. The van der Waals surface area contributed by atoms with Crippen LogP contribution in [0.5, 0.6) is 5.75 Å². The van der Waals surface area contributed by atoms with Crippen molar-refractivity contribution in [2.45, 2.75) is 24.8 Å². The zero-order valence-electron chi connectivity index (χ0n) is 18.1. The van der Waals surface area contributed by atoms with Crippen molar-refractivity contribution in [3.05, 3.63) is 83.4 Å². The van der Waals surface area contributed by atoms with Crippen LogP contribution in [-0.2, 0) is 19.6 Å². The first kappa shape index (κ1) is 22.5. The molecule has 0 fully saturated rings. The van der Waals surface area contributed by atoms with E-state index in [0.29, 0.717) is 17.0 Å². The van der Waals surface area contributed by atoms with Crippen molar-refractivity contribution in [3.63, 3.8) is 0 Å². The summed E-state index contributed by atoms with van der Waals surface area (Å²) in [5.74, 6) is -0.393. The predicted molar refractivity (Wildman–Crippen MR) is 125 cm³/mol. The van der Waals surface area contributed by atoms with E-state index < -0.39 is 27.9 Å². The van der Waals surface area contributed by atoms with Crippen LogP contribution in [0, 0.1) is 13.8 Å². The first-order valence-electron chi connectivity index (χ1n) is 10.2. The van der Waals surface area contributed by atoms with Gasteiger partial charge in [0.1, 0.15) is 11.8 Å². The Morgan fingerprint density at radius 1 is 1.03 bits per heavy atom. The van der Waals surface area contributed by atoms with Gasteiger partial charge < -0.3 is 10.1 Å². The van der Waals surface area contributed by atoms with E-state index in [1.165, 1.54) is 23.1 Å². The normalized spacial score (nSPS) is 15.5. The van der Waals surface area contributed by atoms with Crippen molar-refractivity contribution in [3.8, 4) is 5.75 Å². The van der Waals surface area contributed by atoms with Gasteiger partial charge in [-0.2, -0.15) is 0 Å². The number of rotatable bonds is 5. The Hall–Kier alpha value is -3.69. The molecule has 1 aliphatic heterocycles. The highest BCUT2D eigenvalue weighted by Crippen LogP contribution is 2.39. The van der Waals surface area contributed by atoms with Crippen LogP contribution < -0.4 is 20.1 Å². The highest BCUT2D eigenvalue weighted by Gasteiger charge is 2.38. The number of fused-ring (bicyclic) bond motifs is 1. The topological polar surface area (TPSA) is 119 Å². The molecule has 0 bridgehead atoms.